The first-order valence-corrected chi connectivity index (χ1v) is 15.0. The predicted molar refractivity (Wildman–Crippen MR) is 184 cm³/mol. The van der Waals surface area contributed by atoms with Crippen molar-refractivity contribution in [2.75, 3.05) is 0 Å². The number of rotatable bonds is 0. The molecule has 0 aliphatic carbocycles. The van der Waals surface area contributed by atoms with Gasteiger partial charge in [-0.25, -0.2) is 0 Å². The molecule has 8 rings (SSSR count). The molecule has 0 aliphatic rings. The van der Waals surface area contributed by atoms with Crippen LogP contribution in [0.2, 0.25) is 0 Å². The van der Waals surface area contributed by atoms with Gasteiger partial charge in [0.2, 0.25) is 0 Å². The van der Waals surface area contributed by atoms with Gasteiger partial charge < -0.3 is 0 Å². The number of benzene rings is 8. The van der Waals surface area contributed by atoms with E-state index in [-0.39, 0.29) is 10.8 Å². The Morgan fingerprint density at radius 3 is 0.762 bits per heavy atom. The molecule has 0 bridgehead atoms. The molecule has 202 valence electrons. The average Bonchev–Trinajstić information content (AvgIpc) is 2.96. The van der Waals surface area contributed by atoms with Crippen LogP contribution >= 0.6 is 0 Å². The zero-order valence-electron chi connectivity index (χ0n) is 25.2. The van der Waals surface area contributed by atoms with Crippen LogP contribution in [0.4, 0.5) is 0 Å². The van der Waals surface area contributed by atoms with Gasteiger partial charge in [0.25, 0.3) is 0 Å². The lowest BCUT2D eigenvalue weighted by Crippen LogP contribution is -2.10. The summed E-state index contributed by atoms with van der Waals surface area (Å²) in [6.07, 6.45) is 0. The molecule has 42 heavy (non-hydrogen) atoms. The molecule has 0 spiro atoms. The van der Waals surface area contributed by atoms with E-state index in [1.54, 1.807) is 0 Å². The van der Waals surface area contributed by atoms with E-state index in [2.05, 4.69) is 150 Å². The van der Waals surface area contributed by atoms with E-state index < -0.39 is 0 Å². The third kappa shape index (κ3) is 3.84. The highest BCUT2D eigenvalue weighted by Crippen LogP contribution is 2.39. The zero-order valence-corrected chi connectivity index (χ0v) is 25.2. The molecular formula is C42H34. The molecule has 8 aromatic carbocycles. The van der Waals surface area contributed by atoms with E-state index in [1.165, 1.54) is 75.8 Å². The number of hydrogen-bond acceptors (Lipinski definition) is 0. The van der Waals surface area contributed by atoms with Gasteiger partial charge in [-0.1, -0.05) is 126 Å². The molecule has 0 heteroatoms. The van der Waals surface area contributed by atoms with E-state index in [9.17, 15) is 0 Å². The van der Waals surface area contributed by atoms with Gasteiger partial charge in [0, 0.05) is 11.1 Å². The highest BCUT2D eigenvalue weighted by atomic mass is 14.2. The first kappa shape index (κ1) is 25.1. The third-order valence-electron chi connectivity index (χ3n) is 9.15. The summed E-state index contributed by atoms with van der Waals surface area (Å²) in [5.41, 5.74) is 5.10. The summed E-state index contributed by atoms with van der Waals surface area (Å²) in [7, 11) is 0. The molecule has 0 unspecified atom stereocenters. The molecular weight excluding hydrogens is 504 g/mol. The van der Waals surface area contributed by atoms with E-state index in [0.717, 1.165) is 11.1 Å². The maximum atomic E-state index is 3.51. The van der Waals surface area contributed by atoms with Crippen molar-refractivity contribution in [3.8, 4) is 11.8 Å². The molecule has 0 saturated heterocycles. The average molecular weight is 539 g/mol. The van der Waals surface area contributed by atoms with Crippen molar-refractivity contribution in [3.05, 3.63) is 119 Å². The van der Waals surface area contributed by atoms with Crippen molar-refractivity contribution in [2.24, 2.45) is 0 Å². The van der Waals surface area contributed by atoms with Crippen molar-refractivity contribution in [3.63, 3.8) is 0 Å². The van der Waals surface area contributed by atoms with Gasteiger partial charge in [0.1, 0.15) is 0 Å². The van der Waals surface area contributed by atoms with Crippen LogP contribution in [-0.4, -0.2) is 0 Å². The van der Waals surface area contributed by atoms with Crippen LogP contribution in [0.3, 0.4) is 0 Å². The molecule has 0 nitrogen and oxygen atoms in total. The quantitative estimate of drug-likeness (QED) is 0.133. The van der Waals surface area contributed by atoms with Crippen molar-refractivity contribution in [2.45, 2.75) is 52.4 Å². The first-order chi connectivity index (χ1) is 20.0. The van der Waals surface area contributed by atoms with E-state index in [4.69, 9.17) is 0 Å². The Morgan fingerprint density at radius 1 is 0.333 bits per heavy atom. The standard InChI is InChI=1S/C42H34/c1-41(2,3)35-21-31-13-9-27-17-25(18-28-10-14-32(22-35)39(31)37(27)28)7-8-26-19-29-11-15-33-23-36(42(4,5)6)24-34-16-12-30(20-26)38(29)40(33)34/h9-24H,1-6H3. The Balaban J connectivity index is 1.24. The van der Waals surface area contributed by atoms with Gasteiger partial charge in [0.15, 0.2) is 0 Å². The van der Waals surface area contributed by atoms with E-state index in [0.29, 0.717) is 0 Å². The second kappa shape index (κ2) is 8.47. The normalized spacial score (nSPS) is 12.8. The molecule has 0 saturated carbocycles. The van der Waals surface area contributed by atoms with Crippen LogP contribution in [-0.2, 0) is 10.8 Å². The lowest BCUT2D eigenvalue weighted by Gasteiger charge is -2.21. The Hall–Kier alpha value is -4.60. The van der Waals surface area contributed by atoms with Crippen molar-refractivity contribution < 1.29 is 0 Å². The van der Waals surface area contributed by atoms with Crippen LogP contribution in [0.15, 0.2) is 97.1 Å². The summed E-state index contributed by atoms with van der Waals surface area (Å²) < 4.78 is 0. The van der Waals surface area contributed by atoms with Crippen LogP contribution in [0.5, 0.6) is 0 Å². The molecule has 0 aromatic heterocycles. The second-order valence-electron chi connectivity index (χ2n) is 14.2. The Bertz CT molecular complexity index is 2110. The Kier molecular flexibility index (Phi) is 5.07. The van der Waals surface area contributed by atoms with E-state index >= 15 is 0 Å². The smallest absolute Gasteiger partial charge is 0.0261 e. The Labute approximate surface area is 247 Å². The summed E-state index contributed by atoms with van der Waals surface area (Å²) in [4.78, 5) is 0. The molecule has 0 amide bonds. The van der Waals surface area contributed by atoms with Gasteiger partial charge >= 0.3 is 0 Å². The minimum Gasteiger partial charge on any atom is -0.0616 e. The van der Waals surface area contributed by atoms with Crippen LogP contribution in [0.1, 0.15) is 63.8 Å². The molecule has 0 heterocycles. The molecule has 8 aromatic rings. The molecule has 0 N–H and O–H groups in total. The molecule has 0 aliphatic heterocycles. The summed E-state index contributed by atoms with van der Waals surface area (Å²) in [6, 6.07) is 36.6. The lowest BCUT2D eigenvalue weighted by atomic mass is 9.83. The van der Waals surface area contributed by atoms with Crippen molar-refractivity contribution in [1.29, 1.82) is 0 Å². The fourth-order valence-electron chi connectivity index (χ4n) is 6.83. The van der Waals surface area contributed by atoms with E-state index in [1.807, 2.05) is 0 Å². The van der Waals surface area contributed by atoms with Crippen LogP contribution in [0, 0.1) is 11.8 Å². The molecule has 0 atom stereocenters. The van der Waals surface area contributed by atoms with Crippen LogP contribution in [0.25, 0.3) is 64.6 Å². The van der Waals surface area contributed by atoms with Gasteiger partial charge in [-0.05, 0) is 111 Å². The topological polar surface area (TPSA) is 0 Å². The fourth-order valence-corrected chi connectivity index (χ4v) is 6.83. The summed E-state index contributed by atoms with van der Waals surface area (Å²) in [5.74, 6) is 7.02. The zero-order chi connectivity index (χ0) is 29.0. The largest absolute Gasteiger partial charge is 0.0616 e. The minimum absolute atomic E-state index is 0.120. The summed E-state index contributed by atoms with van der Waals surface area (Å²) in [5, 5.41) is 15.7. The second-order valence-corrected chi connectivity index (χ2v) is 14.2. The monoisotopic (exact) mass is 538 g/mol. The maximum absolute atomic E-state index is 3.51. The summed E-state index contributed by atoms with van der Waals surface area (Å²) in [6.45, 7) is 13.7. The number of hydrogen-bond donors (Lipinski definition) is 0. The SMILES string of the molecule is CC(C)(C)c1cc2ccc3cc(C#Cc4cc5ccc6cc(C(C)(C)C)cc7ccc(c4)c5c67)cc4ccc(c1)c2c34. The molecule has 0 fully saturated rings. The van der Waals surface area contributed by atoms with Crippen molar-refractivity contribution in [1.82, 2.24) is 0 Å². The van der Waals surface area contributed by atoms with Gasteiger partial charge in [0.05, 0.1) is 0 Å². The molecule has 0 radical (unpaired) electrons. The minimum atomic E-state index is 0.120. The van der Waals surface area contributed by atoms with Gasteiger partial charge in [-0.3, -0.25) is 0 Å². The fraction of sp³-hybridized carbons (Fsp3) is 0.190. The first-order valence-electron chi connectivity index (χ1n) is 15.0. The third-order valence-corrected chi connectivity index (χ3v) is 9.15. The van der Waals surface area contributed by atoms with Gasteiger partial charge in [-0.15, -0.1) is 0 Å². The summed E-state index contributed by atoms with van der Waals surface area (Å²) >= 11 is 0. The van der Waals surface area contributed by atoms with Gasteiger partial charge in [-0.2, -0.15) is 0 Å². The van der Waals surface area contributed by atoms with Crippen molar-refractivity contribution >= 4 is 64.6 Å². The predicted octanol–water partition coefficient (Wildman–Crippen LogP) is 11.5. The highest BCUT2D eigenvalue weighted by Gasteiger charge is 2.18. The Morgan fingerprint density at radius 2 is 0.548 bits per heavy atom. The lowest BCUT2D eigenvalue weighted by molar-refractivity contribution is 0.591. The highest BCUT2D eigenvalue weighted by molar-refractivity contribution is 6.24. The van der Waals surface area contributed by atoms with Crippen LogP contribution < -0.4 is 0 Å². The maximum Gasteiger partial charge on any atom is 0.0261 e.